The maximum absolute atomic E-state index is 6.88. The summed E-state index contributed by atoms with van der Waals surface area (Å²) < 4.78 is 12.0. The summed E-state index contributed by atoms with van der Waals surface area (Å²) in [6, 6.07) is 50.4. The first-order valence-electron chi connectivity index (χ1n) is 14.8. The quantitative estimate of drug-likeness (QED) is 0.201. The summed E-state index contributed by atoms with van der Waals surface area (Å²) in [6.07, 6.45) is 0. The van der Waals surface area contributed by atoms with Crippen molar-refractivity contribution >= 4 is 113 Å². The van der Waals surface area contributed by atoms with E-state index in [-0.39, 0.29) is 0 Å². The second kappa shape index (κ2) is 9.17. The fourth-order valence-corrected chi connectivity index (χ4v) is 9.10. The van der Waals surface area contributed by atoms with Gasteiger partial charge >= 0.3 is 0 Å². The first kappa shape index (κ1) is 24.3. The number of benzene rings is 7. The fourth-order valence-electron chi connectivity index (χ4n) is 6.89. The molecule has 0 saturated heterocycles. The van der Waals surface area contributed by atoms with Gasteiger partial charge in [0.15, 0.2) is 0 Å². The summed E-state index contributed by atoms with van der Waals surface area (Å²) in [6.45, 7) is 0. The highest BCUT2D eigenvalue weighted by Gasteiger charge is 2.22. The normalized spacial score (nSPS) is 12.1. The standard InChI is InChI=1S/C40H23NOS2/c1-2-10-25(11-3-1)41(26-18-21-34-31(23-26)28-13-6-7-15-33(28)43-34)32-14-8-16-35-37(32)38-36(44-35)22-20-30-29-19-17-24-9-4-5-12-27(24)39(29)42-40(30)38/h1-23H. The van der Waals surface area contributed by atoms with Crippen molar-refractivity contribution in [3.05, 3.63) is 140 Å². The van der Waals surface area contributed by atoms with E-state index >= 15 is 0 Å². The van der Waals surface area contributed by atoms with Crippen LogP contribution in [0, 0.1) is 0 Å². The van der Waals surface area contributed by atoms with E-state index in [0.29, 0.717) is 0 Å². The highest BCUT2D eigenvalue weighted by Crippen LogP contribution is 2.49. The van der Waals surface area contributed by atoms with E-state index in [1.807, 2.05) is 22.7 Å². The molecule has 0 aliphatic heterocycles. The molecular formula is C40H23NOS2. The SMILES string of the molecule is c1ccc(N(c2ccc3sc4ccccc4c3c2)c2cccc3sc4ccc5c6ccc7ccccc7c6oc5c4c23)cc1. The van der Waals surface area contributed by atoms with Gasteiger partial charge in [-0.2, -0.15) is 0 Å². The van der Waals surface area contributed by atoms with Crippen LogP contribution in [0.1, 0.15) is 0 Å². The first-order chi connectivity index (χ1) is 21.8. The number of fused-ring (bicyclic) bond motifs is 12. The summed E-state index contributed by atoms with van der Waals surface area (Å²) in [4.78, 5) is 2.41. The largest absolute Gasteiger partial charge is 0.455 e. The van der Waals surface area contributed by atoms with Crippen molar-refractivity contribution in [3.63, 3.8) is 0 Å². The summed E-state index contributed by atoms with van der Waals surface area (Å²) in [5.74, 6) is 0. The van der Waals surface area contributed by atoms with Gasteiger partial charge in [0.05, 0.1) is 5.69 Å². The van der Waals surface area contributed by atoms with E-state index in [1.54, 1.807) is 0 Å². The zero-order valence-electron chi connectivity index (χ0n) is 23.5. The van der Waals surface area contributed by atoms with Crippen LogP contribution in [-0.4, -0.2) is 0 Å². The van der Waals surface area contributed by atoms with Crippen molar-refractivity contribution in [2.75, 3.05) is 4.90 Å². The molecule has 0 unspecified atom stereocenters. The van der Waals surface area contributed by atoms with E-state index in [1.165, 1.54) is 45.7 Å². The predicted molar refractivity (Wildman–Crippen MR) is 192 cm³/mol. The van der Waals surface area contributed by atoms with E-state index in [4.69, 9.17) is 4.42 Å². The molecule has 0 aliphatic carbocycles. The fraction of sp³-hybridized carbons (Fsp3) is 0. The molecule has 0 amide bonds. The molecular weight excluding hydrogens is 575 g/mol. The lowest BCUT2D eigenvalue weighted by Gasteiger charge is -2.26. The van der Waals surface area contributed by atoms with Crippen molar-refractivity contribution in [2.24, 2.45) is 0 Å². The number of rotatable bonds is 3. The first-order valence-corrected chi connectivity index (χ1v) is 16.4. The Morgan fingerprint density at radius 3 is 2.02 bits per heavy atom. The minimum Gasteiger partial charge on any atom is -0.455 e. The number of thiophene rings is 2. The van der Waals surface area contributed by atoms with Gasteiger partial charge < -0.3 is 9.32 Å². The van der Waals surface area contributed by atoms with Crippen LogP contribution in [0.4, 0.5) is 17.1 Å². The molecule has 4 heteroatoms. The van der Waals surface area contributed by atoms with E-state index in [9.17, 15) is 0 Å². The van der Waals surface area contributed by atoms with Crippen LogP contribution in [-0.2, 0) is 0 Å². The van der Waals surface area contributed by atoms with Gasteiger partial charge in [0.2, 0.25) is 0 Å². The molecule has 0 radical (unpaired) electrons. The van der Waals surface area contributed by atoms with Gasteiger partial charge in [-0.1, -0.05) is 72.8 Å². The molecule has 0 atom stereocenters. The third-order valence-electron chi connectivity index (χ3n) is 8.84. The highest BCUT2D eigenvalue weighted by atomic mass is 32.1. The molecule has 3 aromatic heterocycles. The Hall–Kier alpha value is -5.16. The van der Waals surface area contributed by atoms with Crippen LogP contribution >= 0.6 is 22.7 Å². The average Bonchev–Trinajstić information content (AvgIpc) is 3.76. The van der Waals surface area contributed by atoms with E-state index in [0.717, 1.165) is 44.4 Å². The molecule has 0 saturated carbocycles. The van der Waals surface area contributed by atoms with Crippen LogP contribution in [0.25, 0.3) is 73.1 Å². The number of hydrogen-bond donors (Lipinski definition) is 0. The Morgan fingerprint density at radius 2 is 1.09 bits per heavy atom. The van der Waals surface area contributed by atoms with Crippen molar-refractivity contribution < 1.29 is 4.42 Å². The zero-order chi connectivity index (χ0) is 28.8. The summed E-state index contributed by atoms with van der Waals surface area (Å²) >= 11 is 3.69. The van der Waals surface area contributed by atoms with Crippen LogP contribution < -0.4 is 4.90 Å². The van der Waals surface area contributed by atoms with Crippen molar-refractivity contribution in [2.45, 2.75) is 0 Å². The van der Waals surface area contributed by atoms with Gasteiger partial charge in [0.1, 0.15) is 11.2 Å². The van der Waals surface area contributed by atoms with Gasteiger partial charge in [-0.05, 0) is 72.1 Å². The molecule has 10 aromatic rings. The third kappa shape index (κ3) is 3.41. The third-order valence-corrected chi connectivity index (χ3v) is 11.1. The Kier molecular flexibility index (Phi) is 5.06. The van der Waals surface area contributed by atoms with Gasteiger partial charge in [0, 0.05) is 67.9 Å². The Labute approximate surface area is 260 Å². The van der Waals surface area contributed by atoms with Crippen LogP contribution in [0.5, 0.6) is 0 Å². The van der Waals surface area contributed by atoms with Crippen molar-refractivity contribution in [1.82, 2.24) is 0 Å². The van der Waals surface area contributed by atoms with Crippen LogP contribution in [0.15, 0.2) is 144 Å². The molecule has 0 aliphatic rings. The molecule has 0 fully saturated rings. The molecule has 3 heterocycles. The smallest absolute Gasteiger partial charge is 0.144 e. The number of anilines is 3. The minimum absolute atomic E-state index is 0.956. The molecule has 7 aromatic carbocycles. The molecule has 10 rings (SSSR count). The van der Waals surface area contributed by atoms with Crippen LogP contribution in [0.2, 0.25) is 0 Å². The van der Waals surface area contributed by atoms with Crippen molar-refractivity contribution in [3.8, 4) is 0 Å². The van der Waals surface area contributed by atoms with Gasteiger partial charge in [-0.25, -0.2) is 0 Å². The molecule has 0 spiro atoms. The Morgan fingerprint density at radius 1 is 0.409 bits per heavy atom. The van der Waals surface area contributed by atoms with E-state index in [2.05, 4.69) is 144 Å². The van der Waals surface area contributed by atoms with Gasteiger partial charge in [-0.3, -0.25) is 0 Å². The minimum atomic E-state index is 0.956. The molecule has 2 nitrogen and oxygen atoms in total. The van der Waals surface area contributed by atoms with E-state index < -0.39 is 0 Å². The Bertz CT molecular complexity index is 2730. The summed E-state index contributed by atoms with van der Waals surface area (Å²) in [5.41, 5.74) is 5.33. The number of hydrogen-bond acceptors (Lipinski definition) is 4. The number of furan rings is 1. The second-order valence-corrected chi connectivity index (χ2v) is 13.5. The molecule has 0 bridgehead atoms. The monoisotopic (exact) mass is 597 g/mol. The highest BCUT2D eigenvalue weighted by molar-refractivity contribution is 7.26. The average molecular weight is 598 g/mol. The van der Waals surface area contributed by atoms with Crippen molar-refractivity contribution in [1.29, 1.82) is 0 Å². The van der Waals surface area contributed by atoms with Gasteiger partial charge in [-0.15, -0.1) is 22.7 Å². The summed E-state index contributed by atoms with van der Waals surface area (Å²) in [7, 11) is 0. The topological polar surface area (TPSA) is 16.4 Å². The Balaban J connectivity index is 1.31. The number of para-hydroxylation sites is 1. The molecule has 0 N–H and O–H groups in total. The lowest BCUT2D eigenvalue weighted by atomic mass is 10.0. The summed E-state index contributed by atoms with van der Waals surface area (Å²) in [5, 5.41) is 9.66. The van der Waals surface area contributed by atoms with Gasteiger partial charge in [0.25, 0.3) is 0 Å². The predicted octanol–water partition coefficient (Wildman–Crippen LogP) is 12.9. The van der Waals surface area contributed by atoms with Crippen LogP contribution in [0.3, 0.4) is 0 Å². The second-order valence-electron chi connectivity index (χ2n) is 11.3. The maximum Gasteiger partial charge on any atom is 0.144 e. The maximum atomic E-state index is 6.88. The zero-order valence-corrected chi connectivity index (χ0v) is 25.1. The lowest BCUT2D eigenvalue weighted by molar-refractivity contribution is 0.677. The molecule has 206 valence electrons. The molecule has 44 heavy (non-hydrogen) atoms. The lowest BCUT2D eigenvalue weighted by Crippen LogP contribution is -2.10. The number of nitrogens with zero attached hydrogens (tertiary/aromatic N) is 1.